The molecule has 0 aromatic carbocycles. The second-order valence-electron chi connectivity index (χ2n) is 6.99. The van der Waals surface area contributed by atoms with Crippen LogP contribution >= 0.6 is 0 Å². The lowest BCUT2D eigenvalue weighted by molar-refractivity contribution is 0.0510. The Bertz CT molecular complexity index is 800. The fourth-order valence-corrected chi connectivity index (χ4v) is 3.97. The number of nitrogens with zero attached hydrogens (tertiary/aromatic N) is 6. The van der Waals surface area contributed by atoms with Crippen LogP contribution in [-0.2, 0) is 0 Å². The van der Waals surface area contributed by atoms with Crippen molar-refractivity contribution in [2.24, 2.45) is 5.41 Å². The zero-order chi connectivity index (χ0) is 18.0. The third kappa shape index (κ3) is 3.14. The van der Waals surface area contributed by atoms with Gasteiger partial charge in [0, 0.05) is 56.4 Å². The molecule has 2 amide bonds. The van der Waals surface area contributed by atoms with Gasteiger partial charge in [0.2, 0.25) is 0 Å². The van der Waals surface area contributed by atoms with Gasteiger partial charge < -0.3 is 9.80 Å². The van der Waals surface area contributed by atoms with Gasteiger partial charge in [-0.05, 0) is 19.3 Å². The highest BCUT2D eigenvalue weighted by Crippen LogP contribution is 2.39. The minimum atomic E-state index is -0.0904. The lowest BCUT2D eigenvalue weighted by Gasteiger charge is -2.40. The number of hydrogen-bond donors (Lipinski definition) is 0. The zero-order valence-corrected chi connectivity index (χ0v) is 14.4. The SMILES string of the molecule is O=C(c1cnccn1)N1CCCC2(CCN(C(=O)c3cnccn3)C2)C1. The minimum Gasteiger partial charge on any atom is -0.337 e. The van der Waals surface area contributed by atoms with E-state index in [2.05, 4.69) is 19.9 Å². The predicted octanol–water partition coefficient (Wildman–Crippen LogP) is 1.04. The number of likely N-dealkylation sites (tertiary alicyclic amines) is 2. The normalized spacial score (nSPS) is 22.6. The molecular weight excluding hydrogens is 332 g/mol. The van der Waals surface area contributed by atoms with Crippen molar-refractivity contribution in [3.63, 3.8) is 0 Å². The fourth-order valence-electron chi connectivity index (χ4n) is 3.97. The molecule has 0 radical (unpaired) electrons. The van der Waals surface area contributed by atoms with Crippen LogP contribution in [0.5, 0.6) is 0 Å². The molecule has 4 heterocycles. The second kappa shape index (κ2) is 6.78. The van der Waals surface area contributed by atoms with E-state index in [1.165, 1.54) is 24.8 Å². The first-order valence-corrected chi connectivity index (χ1v) is 8.78. The number of amides is 2. The van der Waals surface area contributed by atoms with E-state index < -0.39 is 0 Å². The Labute approximate surface area is 151 Å². The molecule has 2 fully saturated rings. The van der Waals surface area contributed by atoms with E-state index in [4.69, 9.17) is 0 Å². The van der Waals surface area contributed by atoms with Crippen LogP contribution in [0.4, 0.5) is 0 Å². The van der Waals surface area contributed by atoms with Crippen molar-refractivity contribution in [2.75, 3.05) is 26.2 Å². The molecule has 0 aliphatic carbocycles. The van der Waals surface area contributed by atoms with Crippen LogP contribution in [0.3, 0.4) is 0 Å². The Morgan fingerprint density at radius 3 is 1.92 bits per heavy atom. The summed E-state index contributed by atoms with van der Waals surface area (Å²) in [7, 11) is 0. The summed E-state index contributed by atoms with van der Waals surface area (Å²) < 4.78 is 0. The van der Waals surface area contributed by atoms with Crippen LogP contribution in [-0.4, -0.2) is 67.7 Å². The van der Waals surface area contributed by atoms with Gasteiger partial charge in [-0.1, -0.05) is 0 Å². The fraction of sp³-hybridized carbons (Fsp3) is 0.444. The summed E-state index contributed by atoms with van der Waals surface area (Å²) in [6.07, 6.45) is 12.0. The molecule has 1 spiro atoms. The third-order valence-electron chi connectivity index (χ3n) is 5.24. The van der Waals surface area contributed by atoms with Crippen LogP contribution in [0, 0.1) is 5.41 Å². The molecule has 1 unspecified atom stereocenters. The van der Waals surface area contributed by atoms with Crippen molar-refractivity contribution in [1.82, 2.24) is 29.7 Å². The Morgan fingerprint density at radius 2 is 1.38 bits per heavy atom. The van der Waals surface area contributed by atoms with Crippen LogP contribution < -0.4 is 0 Å². The second-order valence-corrected chi connectivity index (χ2v) is 6.99. The highest BCUT2D eigenvalue weighted by atomic mass is 16.2. The van der Waals surface area contributed by atoms with Gasteiger partial charge in [-0.2, -0.15) is 0 Å². The molecule has 8 nitrogen and oxygen atoms in total. The standard InChI is InChI=1S/C18H20N6O2/c25-16(14-10-19-4-6-21-14)23-8-1-2-18(12-23)3-9-24(13-18)17(26)15-11-20-5-7-22-15/h4-7,10-11H,1-3,8-9,12-13H2. The lowest BCUT2D eigenvalue weighted by Crippen LogP contribution is -2.48. The summed E-state index contributed by atoms with van der Waals surface area (Å²) >= 11 is 0. The minimum absolute atomic E-state index is 0.0476. The zero-order valence-electron chi connectivity index (χ0n) is 14.4. The lowest BCUT2D eigenvalue weighted by atomic mass is 9.79. The number of piperidine rings is 1. The number of rotatable bonds is 2. The van der Waals surface area contributed by atoms with Gasteiger partial charge >= 0.3 is 0 Å². The average molecular weight is 352 g/mol. The van der Waals surface area contributed by atoms with Gasteiger partial charge in [0.05, 0.1) is 12.4 Å². The number of carbonyl (C=O) groups is 2. The largest absolute Gasteiger partial charge is 0.337 e. The molecule has 2 aliphatic heterocycles. The summed E-state index contributed by atoms with van der Waals surface area (Å²) in [5.41, 5.74) is 0.691. The third-order valence-corrected chi connectivity index (χ3v) is 5.24. The Balaban J connectivity index is 1.46. The molecule has 4 rings (SSSR count). The van der Waals surface area contributed by atoms with E-state index in [1.54, 1.807) is 12.4 Å². The molecule has 2 aliphatic rings. The smallest absolute Gasteiger partial charge is 0.274 e. The number of aromatic nitrogens is 4. The van der Waals surface area contributed by atoms with Gasteiger partial charge in [-0.25, -0.2) is 9.97 Å². The average Bonchev–Trinajstić information content (AvgIpc) is 3.11. The molecule has 2 saturated heterocycles. The van der Waals surface area contributed by atoms with Crippen LogP contribution in [0.15, 0.2) is 37.2 Å². The molecule has 134 valence electrons. The number of carbonyl (C=O) groups excluding carboxylic acids is 2. The maximum absolute atomic E-state index is 12.7. The van der Waals surface area contributed by atoms with Gasteiger partial charge in [0.1, 0.15) is 11.4 Å². The van der Waals surface area contributed by atoms with Crippen LogP contribution in [0.25, 0.3) is 0 Å². The maximum atomic E-state index is 12.7. The molecular formula is C18H20N6O2. The monoisotopic (exact) mass is 352 g/mol. The molecule has 1 atom stereocenters. The van der Waals surface area contributed by atoms with Crippen molar-refractivity contribution < 1.29 is 9.59 Å². The Kier molecular flexibility index (Phi) is 4.32. The molecule has 8 heteroatoms. The van der Waals surface area contributed by atoms with Crippen molar-refractivity contribution in [3.8, 4) is 0 Å². The van der Waals surface area contributed by atoms with Crippen molar-refractivity contribution in [2.45, 2.75) is 19.3 Å². The van der Waals surface area contributed by atoms with Crippen molar-refractivity contribution in [3.05, 3.63) is 48.6 Å². The maximum Gasteiger partial charge on any atom is 0.274 e. The topological polar surface area (TPSA) is 92.2 Å². The first-order chi connectivity index (χ1) is 12.7. The van der Waals surface area contributed by atoms with E-state index in [1.807, 2.05) is 9.80 Å². The molecule has 0 N–H and O–H groups in total. The summed E-state index contributed by atoms with van der Waals surface area (Å²) in [4.78, 5) is 45.2. The molecule has 2 aromatic rings. The Morgan fingerprint density at radius 1 is 0.808 bits per heavy atom. The summed E-state index contributed by atoms with van der Waals surface area (Å²) in [6.45, 7) is 2.69. The van der Waals surface area contributed by atoms with Gasteiger partial charge in [0.15, 0.2) is 0 Å². The Hall–Kier alpha value is -2.90. The highest BCUT2D eigenvalue weighted by Gasteiger charge is 2.44. The van der Waals surface area contributed by atoms with E-state index in [0.717, 1.165) is 25.8 Å². The van der Waals surface area contributed by atoms with E-state index in [0.29, 0.717) is 31.0 Å². The summed E-state index contributed by atoms with van der Waals surface area (Å²) in [5, 5.41) is 0. The first kappa shape index (κ1) is 16.6. The molecule has 2 aromatic heterocycles. The van der Waals surface area contributed by atoms with Gasteiger partial charge in [-0.3, -0.25) is 19.6 Å². The first-order valence-electron chi connectivity index (χ1n) is 8.78. The van der Waals surface area contributed by atoms with Crippen LogP contribution in [0.2, 0.25) is 0 Å². The summed E-state index contributed by atoms with van der Waals surface area (Å²) in [6, 6.07) is 0. The van der Waals surface area contributed by atoms with E-state index >= 15 is 0 Å². The molecule has 0 bridgehead atoms. The van der Waals surface area contributed by atoms with Gasteiger partial charge in [0.25, 0.3) is 11.8 Å². The van der Waals surface area contributed by atoms with Gasteiger partial charge in [-0.15, -0.1) is 0 Å². The van der Waals surface area contributed by atoms with Crippen LogP contribution in [0.1, 0.15) is 40.2 Å². The highest BCUT2D eigenvalue weighted by molar-refractivity contribution is 5.93. The predicted molar refractivity (Wildman–Crippen MR) is 92.2 cm³/mol. The van der Waals surface area contributed by atoms with E-state index in [9.17, 15) is 9.59 Å². The quantitative estimate of drug-likeness (QED) is 0.802. The number of hydrogen-bond acceptors (Lipinski definition) is 6. The summed E-state index contributed by atoms with van der Waals surface area (Å²) in [5.74, 6) is -0.178. The van der Waals surface area contributed by atoms with Crippen molar-refractivity contribution in [1.29, 1.82) is 0 Å². The molecule has 26 heavy (non-hydrogen) atoms. The molecule has 0 saturated carbocycles. The van der Waals surface area contributed by atoms with Crippen molar-refractivity contribution >= 4 is 11.8 Å². The van der Waals surface area contributed by atoms with E-state index in [-0.39, 0.29) is 17.2 Å².